The average molecular weight is 308 g/mol. The van der Waals surface area contributed by atoms with Gasteiger partial charge in [-0.15, -0.1) is 0 Å². The van der Waals surface area contributed by atoms with Crippen molar-refractivity contribution in [3.05, 3.63) is 34.4 Å². The molecule has 0 amide bonds. The van der Waals surface area contributed by atoms with Crippen molar-refractivity contribution in [1.29, 1.82) is 0 Å². The second kappa shape index (κ2) is 6.58. The first-order chi connectivity index (χ1) is 10.6. The van der Waals surface area contributed by atoms with Gasteiger partial charge in [0.1, 0.15) is 6.17 Å². The predicted octanol–water partition coefficient (Wildman–Crippen LogP) is 1.42. The first kappa shape index (κ1) is 15.2. The summed E-state index contributed by atoms with van der Waals surface area (Å²) in [6.07, 6.45) is 0.0679. The van der Waals surface area contributed by atoms with Crippen molar-refractivity contribution in [1.82, 2.24) is 10.2 Å². The number of hydrogen-bond donors (Lipinski definition) is 1. The van der Waals surface area contributed by atoms with Crippen LogP contribution >= 0.6 is 0 Å². The lowest BCUT2D eigenvalue weighted by atomic mass is 10.0. The van der Waals surface area contributed by atoms with Crippen molar-refractivity contribution in [3.8, 4) is 0 Å². The molecule has 1 aromatic rings. The number of halogens is 1. The standard InChI is InChI=1S/C15H21FN4O2/c16-14-11-17-6-5-15(14)19-9-7-18(8-10-19)12-1-3-13(4-2-12)20(21)22/h1-4,14-15,17H,5-11H2/t14-,15+/m1/s1. The van der Waals surface area contributed by atoms with E-state index in [1.165, 1.54) is 12.1 Å². The third kappa shape index (κ3) is 3.20. The van der Waals surface area contributed by atoms with Crippen LogP contribution < -0.4 is 10.2 Å². The fourth-order valence-electron chi connectivity index (χ4n) is 3.32. The highest BCUT2D eigenvalue weighted by molar-refractivity contribution is 5.51. The number of alkyl halides is 1. The smallest absolute Gasteiger partial charge is 0.269 e. The number of nitro groups is 1. The lowest BCUT2D eigenvalue weighted by Crippen LogP contribution is -2.57. The minimum atomic E-state index is -0.792. The zero-order valence-corrected chi connectivity index (χ0v) is 12.4. The van der Waals surface area contributed by atoms with E-state index >= 15 is 0 Å². The van der Waals surface area contributed by atoms with Crippen LogP contribution in [0.15, 0.2) is 24.3 Å². The third-order valence-corrected chi connectivity index (χ3v) is 4.58. The summed E-state index contributed by atoms with van der Waals surface area (Å²) in [6.45, 7) is 4.66. The molecule has 2 aliphatic heterocycles. The van der Waals surface area contributed by atoms with Crippen LogP contribution in [0.1, 0.15) is 6.42 Å². The summed E-state index contributed by atoms with van der Waals surface area (Å²) in [5.74, 6) is 0. The van der Waals surface area contributed by atoms with Gasteiger partial charge in [0.15, 0.2) is 0 Å². The Morgan fingerprint density at radius 1 is 1.18 bits per heavy atom. The molecular weight excluding hydrogens is 287 g/mol. The number of nitro benzene ring substituents is 1. The summed E-state index contributed by atoms with van der Waals surface area (Å²) < 4.78 is 14.0. The van der Waals surface area contributed by atoms with Crippen LogP contribution in [0.3, 0.4) is 0 Å². The summed E-state index contributed by atoms with van der Waals surface area (Å²) >= 11 is 0. The highest BCUT2D eigenvalue weighted by Crippen LogP contribution is 2.23. The Labute approximate surface area is 129 Å². The molecule has 2 fully saturated rings. The van der Waals surface area contributed by atoms with Crippen molar-refractivity contribution < 1.29 is 9.31 Å². The lowest BCUT2D eigenvalue weighted by Gasteiger charge is -2.42. The summed E-state index contributed by atoms with van der Waals surface area (Å²) in [4.78, 5) is 14.7. The summed E-state index contributed by atoms with van der Waals surface area (Å²) in [6, 6.07) is 6.67. The van der Waals surface area contributed by atoms with Gasteiger partial charge in [-0.3, -0.25) is 15.0 Å². The molecule has 3 rings (SSSR count). The van der Waals surface area contributed by atoms with E-state index in [0.717, 1.165) is 44.8 Å². The zero-order valence-electron chi connectivity index (χ0n) is 12.4. The van der Waals surface area contributed by atoms with E-state index in [-0.39, 0.29) is 16.7 Å². The molecule has 7 heteroatoms. The predicted molar refractivity (Wildman–Crippen MR) is 83.1 cm³/mol. The first-order valence-electron chi connectivity index (χ1n) is 7.73. The maximum Gasteiger partial charge on any atom is 0.269 e. The van der Waals surface area contributed by atoms with E-state index < -0.39 is 6.17 Å². The van der Waals surface area contributed by atoms with Crippen LogP contribution in [0.25, 0.3) is 0 Å². The minimum Gasteiger partial charge on any atom is -0.369 e. The van der Waals surface area contributed by atoms with Crippen LogP contribution in [-0.2, 0) is 0 Å². The first-order valence-corrected chi connectivity index (χ1v) is 7.73. The topological polar surface area (TPSA) is 61.7 Å². The fraction of sp³-hybridized carbons (Fsp3) is 0.600. The van der Waals surface area contributed by atoms with Crippen molar-refractivity contribution in [2.24, 2.45) is 0 Å². The van der Waals surface area contributed by atoms with Gasteiger partial charge in [0.25, 0.3) is 5.69 Å². The molecule has 22 heavy (non-hydrogen) atoms. The Hall–Kier alpha value is -1.73. The molecule has 2 atom stereocenters. The molecule has 1 N–H and O–H groups in total. The van der Waals surface area contributed by atoms with E-state index in [1.807, 2.05) is 0 Å². The van der Waals surface area contributed by atoms with E-state index in [9.17, 15) is 14.5 Å². The number of nitrogens with one attached hydrogen (secondary N) is 1. The van der Waals surface area contributed by atoms with Crippen molar-refractivity contribution in [2.75, 3.05) is 44.2 Å². The number of nitrogens with zero attached hydrogens (tertiary/aromatic N) is 3. The second-order valence-electron chi connectivity index (χ2n) is 5.87. The number of anilines is 1. The molecule has 120 valence electrons. The number of piperazine rings is 1. The van der Waals surface area contributed by atoms with Gasteiger partial charge in [-0.05, 0) is 25.1 Å². The number of rotatable bonds is 3. The Morgan fingerprint density at radius 2 is 1.86 bits per heavy atom. The average Bonchev–Trinajstić information content (AvgIpc) is 2.56. The Balaban J connectivity index is 1.58. The van der Waals surface area contributed by atoms with Gasteiger partial charge in [-0.2, -0.15) is 0 Å². The molecule has 6 nitrogen and oxygen atoms in total. The molecule has 2 aliphatic rings. The molecule has 0 spiro atoms. The number of piperidine rings is 1. The quantitative estimate of drug-likeness (QED) is 0.676. The summed E-state index contributed by atoms with van der Waals surface area (Å²) in [5.41, 5.74) is 1.10. The molecule has 0 aromatic heterocycles. The van der Waals surface area contributed by atoms with Gasteiger partial charge in [0, 0.05) is 56.6 Å². The minimum absolute atomic E-state index is 0.0280. The summed E-state index contributed by atoms with van der Waals surface area (Å²) in [5, 5.41) is 13.8. The molecule has 0 bridgehead atoms. The van der Waals surface area contributed by atoms with Crippen LogP contribution in [0, 0.1) is 10.1 Å². The van der Waals surface area contributed by atoms with Gasteiger partial charge in [-0.1, -0.05) is 0 Å². The molecule has 0 saturated carbocycles. The Kier molecular flexibility index (Phi) is 4.54. The van der Waals surface area contributed by atoms with Gasteiger partial charge in [0.05, 0.1) is 4.92 Å². The lowest BCUT2D eigenvalue weighted by molar-refractivity contribution is -0.384. The second-order valence-corrected chi connectivity index (χ2v) is 5.87. The third-order valence-electron chi connectivity index (χ3n) is 4.58. The van der Waals surface area contributed by atoms with Gasteiger partial charge in [0.2, 0.25) is 0 Å². The molecule has 1 aromatic carbocycles. The molecule has 0 unspecified atom stereocenters. The monoisotopic (exact) mass is 308 g/mol. The van der Waals surface area contributed by atoms with Gasteiger partial charge in [-0.25, -0.2) is 4.39 Å². The van der Waals surface area contributed by atoms with Gasteiger partial charge >= 0.3 is 0 Å². The molecule has 2 saturated heterocycles. The van der Waals surface area contributed by atoms with Crippen LogP contribution in [0.5, 0.6) is 0 Å². The number of hydrogen-bond acceptors (Lipinski definition) is 5. The molecule has 0 aliphatic carbocycles. The summed E-state index contributed by atoms with van der Waals surface area (Å²) in [7, 11) is 0. The molecule has 2 heterocycles. The van der Waals surface area contributed by atoms with E-state index in [2.05, 4.69) is 15.1 Å². The van der Waals surface area contributed by atoms with E-state index in [1.54, 1.807) is 12.1 Å². The maximum atomic E-state index is 14.0. The van der Waals surface area contributed by atoms with Crippen molar-refractivity contribution in [3.63, 3.8) is 0 Å². The molecular formula is C15H21FN4O2. The Bertz CT molecular complexity index is 517. The van der Waals surface area contributed by atoms with Crippen LogP contribution in [0.2, 0.25) is 0 Å². The highest BCUT2D eigenvalue weighted by Gasteiger charge is 2.32. The number of non-ortho nitro benzene ring substituents is 1. The van der Waals surface area contributed by atoms with E-state index in [4.69, 9.17) is 0 Å². The molecule has 0 radical (unpaired) electrons. The van der Waals surface area contributed by atoms with Crippen LogP contribution in [-0.4, -0.2) is 61.3 Å². The van der Waals surface area contributed by atoms with Crippen molar-refractivity contribution >= 4 is 11.4 Å². The van der Waals surface area contributed by atoms with E-state index in [0.29, 0.717) is 6.54 Å². The van der Waals surface area contributed by atoms with Gasteiger partial charge < -0.3 is 10.2 Å². The highest BCUT2D eigenvalue weighted by atomic mass is 19.1. The zero-order chi connectivity index (χ0) is 15.5. The normalized spacial score (nSPS) is 26.9. The Morgan fingerprint density at radius 3 is 2.45 bits per heavy atom. The van der Waals surface area contributed by atoms with Crippen molar-refractivity contribution in [2.45, 2.75) is 18.6 Å². The fourth-order valence-corrected chi connectivity index (χ4v) is 3.32. The SMILES string of the molecule is O=[N+]([O-])c1ccc(N2CCN([C@H]3CCNC[C@H]3F)CC2)cc1. The van der Waals surface area contributed by atoms with Crippen LogP contribution in [0.4, 0.5) is 15.8 Å². The largest absolute Gasteiger partial charge is 0.369 e. The number of benzene rings is 1. The maximum absolute atomic E-state index is 14.0.